The Balaban J connectivity index is 1.96. The fraction of sp³-hybridized carbons (Fsp3) is 0.400. The van der Waals surface area contributed by atoms with Crippen molar-refractivity contribution in [3.63, 3.8) is 0 Å². The fourth-order valence-electron chi connectivity index (χ4n) is 2.45. The summed E-state index contributed by atoms with van der Waals surface area (Å²) in [5, 5.41) is 19.2. The standard InChI is InChI=1S/C20H26O4/c1-3-4-9-23-10-11-24-19-7-5-16(6-8-19)17-12-15(2)20(22)18(13-17)14-21/h5-8,12-13,21-22H,3-4,9-11,14H2,1-2H3. The van der Waals surface area contributed by atoms with Gasteiger partial charge in [0, 0.05) is 12.2 Å². The Hall–Kier alpha value is -2.04. The lowest BCUT2D eigenvalue weighted by atomic mass is 9.99. The van der Waals surface area contributed by atoms with E-state index in [1.807, 2.05) is 37.3 Å². The molecule has 0 atom stereocenters. The number of hydrogen-bond acceptors (Lipinski definition) is 4. The molecule has 0 amide bonds. The number of ether oxygens (including phenoxy) is 2. The summed E-state index contributed by atoms with van der Waals surface area (Å²) >= 11 is 0. The van der Waals surface area contributed by atoms with E-state index in [2.05, 4.69) is 6.92 Å². The number of unbranched alkanes of at least 4 members (excludes halogenated alkanes) is 1. The van der Waals surface area contributed by atoms with Gasteiger partial charge in [-0.1, -0.05) is 25.5 Å². The molecule has 0 radical (unpaired) electrons. The first-order valence-corrected chi connectivity index (χ1v) is 8.40. The quantitative estimate of drug-likeness (QED) is 0.681. The number of aliphatic hydroxyl groups excluding tert-OH is 1. The van der Waals surface area contributed by atoms with Crippen molar-refractivity contribution in [3.05, 3.63) is 47.5 Å². The molecule has 0 aliphatic rings. The van der Waals surface area contributed by atoms with Crippen molar-refractivity contribution in [2.45, 2.75) is 33.3 Å². The van der Waals surface area contributed by atoms with E-state index in [4.69, 9.17) is 9.47 Å². The van der Waals surface area contributed by atoms with Crippen molar-refractivity contribution in [2.75, 3.05) is 19.8 Å². The fourth-order valence-corrected chi connectivity index (χ4v) is 2.45. The lowest BCUT2D eigenvalue weighted by molar-refractivity contribution is 0.0981. The normalized spacial score (nSPS) is 10.8. The van der Waals surface area contributed by atoms with Gasteiger partial charge in [0.25, 0.3) is 0 Å². The van der Waals surface area contributed by atoms with Gasteiger partial charge in [0.2, 0.25) is 0 Å². The molecule has 24 heavy (non-hydrogen) atoms. The predicted octanol–water partition coefficient (Wildman–Crippen LogP) is 4.06. The third kappa shape index (κ3) is 4.98. The van der Waals surface area contributed by atoms with Crippen LogP contribution in [0.15, 0.2) is 36.4 Å². The molecule has 2 aromatic rings. The molecule has 0 spiro atoms. The number of aryl methyl sites for hydroxylation is 1. The maximum absolute atomic E-state index is 9.90. The van der Waals surface area contributed by atoms with Crippen molar-refractivity contribution < 1.29 is 19.7 Å². The molecule has 4 nitrogen and oxygen atoms in total. The van der Waals surface area contributed by atoms with E-state index in [1.54, 1.807) is 6.07 Å². The number of aromatic hydroxyl groups is 1. The Kier molecular flexibility index (Phi) is 7.09. The van der Waals surface area contributed by atoms with Gasteiger partial charge in [-0.25, -0.2) is 0 Å². The Morgan fingerprint density at radius 2 is 1.71 bits per heavy atom. The molecule has 0 heterocycles. The van der Waals surface area contributed by atoms with Gasteiger partial charge < -0.3 is 19.7 Å². The second kappa shape index (κ2) is 9.30. The summed E-state index contributed by atoms with van der Waals surface area (Å²) in [4.78, 5) is 0. The molecule has 130 valence electrons. The molecule has 0 aliphatic carbocycles. The van der Waals surface area contributed by atoms with Crippen LogP contribution in [-0.4, -0.2) is 30.0 Å². The Morgan fingerprint density at radius 3 is 2.38 bits per heavy atom. The van der Waals surface area contributed by atoms with Crippen molar-refractivity contribution in [1.29, 1.82) is 0 Å². The number of rotatable bonds is 9. The first-order valence-electron chi connectivity index (χ1n) is 8.40. The van der Waals surface area contributed by atoms with E-state index in [0.29, 0.717) is 18.8 Å². The molecular formula is C20H26O4. The number of benzene rings is 2. The van der Waals surface area contributed by atoms with Crippen LogP contribution in [0, 0.1) is 6.92 Å². The van der Waals surface area contributed by atoms with Crippen molar-refractivity contribution in [3.8, 4) is 22.6 Å². The third-order valence-electron chi connectivity index (χ3n) is 3.88. The van der Waals surface area contributed by atoms with Gasteiger partial charge in [-0.3, -0.25) is 0 Å². The monoisotopic (exact) mass is 330 g/mol. The average Bonchev–Trinajstić information content (AvgIpc) is 2.61. The van der Waals surface area contributed by atoms with E-state index in [-0.39, 0.29) is 12.4 Å². The van der Waals surface area contributed by atoms with Gasteiger partial charge in [-0.05, 0) is 54.3 Å². The Labute approximate surface area is 143 Å². The largest absolute Gasteiger partial charge is 0.507 e. The Morgan fingerprint density at radius 1 is 0.958 bits per heavy atom. The summed E-state index contributed by atoms with van der Waals surface area (Å²) in [6.07, 6.45) is 2.22. The van der Waals surface area contributed by atoms with Gasteiger partial charge in [0.1, 0.15) is 18.1 Å². The molecule has 2 N–H and O–H groups in total. The molecule has 0 saturated carbocycles. The lowest BCUT2D eigenvalue weighted by Gasteiger charge is -2.11. The summed E-state index contributed by atoms with van der Waals surface area (Å²) in [7, 11) is 0. The van der Waals surface area contributed by atoms with E-state index in [0.717, 1.165) is 41.9 Å². The summed E-state index contributed by atoms with van der Waals surface area (Å²) < 4.78 is 11.1. The zero-order valence-electron chi connectivity index (χ0n) is 14.4. The van der Waals surface area contributed by atoms with Crippen LogP contribution in [0.4, 0.5) is 0 Å². The first-order chi connectivity index (χ1) is 11.7. The summed E-state index contributed by atoms with van der Waals surface area (Å²) in [5.74, 6) is 0.958. The number of aliphatic hydroxyl groups is 1. The van der Waals surface area contributed by atoms with Crippen LogP contribution < -0.4 is 4.74 Å². The zero-order valence-corrected chi connectivity index (χ0v) is 14.4. The Bertz CT molecular complexity index is 635. The molecule has 0 bridgehead atoms. The molecule has 4 heteroatoms. The summed E-state index contributed by atoms with van der Waals surface area (Å²) in [5.41, 5.74) is 3.26. The van der Waals surface area contributed by atoms with Crippen LogP contribution in [0.3, 0.4) is 0 Å². The first kappa shape index (κ1) is 18.3. The van der Waals surface area contributed by atoms with Crippen LogP contribution in [-0.2, 0) is 11.3 Å². The van der Waals surface area contributed by atoms with Gasteiger partial charge in [-0.2, -0.15) is 0 Å². The van der Waals surface area contributed by atoms with Crippen LogP contribution in [0.2, 0.25) is 0 Å². The number of hydrogen-bond donors (Lipinski definition) is 2. The minimum atomic E-state index is -0.181. The topological polar surface area (TPSA) is 58.9 Å². The van der Waals surface area contributed by atoms with Gasteiger partial charge >= 0.3 is 0 Å². The highest BCUT2D eigenvalue weighted by atomic mass is 16.5. The molecule has 2 rings (SSSR count). The van der Waals surface area contributed by atoms with Crippen molar-refractivity contribution in [1.82, 2.24) is 0 Å². The highest BCUT2D eigenvalue weighted by molar-refractivity contribution is 5.67. The maximum Gasteiger partial charge on any atom is 0.124 e. The molecule has 0 aromatic heterocycles. The minimum Gasteiger partial charge on any atom is -0.507 e. The van der Waals surface area contributed by atoms with Crippen LogP contribution >= 0.6 is 0 Å². The maximum atomic E-state index is 9.90. The SMILES string of the molecule is CCCCOCCOc1ccc(-c2cc(C)c(O)c(CO)c2)cc1. The van der Waals surface area contributed by atoms with Gasteiger partial charge in [0.15, 0.2) is 0 Å². The van der Waals surface area contributed by atoms with E-state index in [1.165, 1.54) is 0 Å². The van der Waals surface area contributed by atoms with Crippen LogP contribution in [0.1, 0.15) is 30.9 Å². The van der Waals surface area contributed by atoms with Crippen molar-refractivity contribution in [2.24, 2.45) is 0 Å². The molecule has 0 saturated heterocycles. The van der Waals surface area contributed by atoms with Crippen LogP contribution in [0.5, 0.6) is 11.5 Å². The molecular weight excluding hydrogens is 304 g/mol. The highest BCUT2D eigenvalue weighted by Gasteiger charge is 2.08. The molecule has 2 aromatic carbocycles. The average molecular weight is 330 g/mol. The third-order valence-corrected chi connectivity index (χ3v) is 3.88. The molecule has 0 unspecified atom stereocenters. The van der Waals surface area contributed by atoms with Crippen LogP contribution in [0.25, 0.3) is 11.1 Å². The zero-order chi connectivity index (χ0) is 17.4. The molecule has 0 aliphatic heterocycles. The van der Waals surface area contributed by atoms with E-state index >= 15 is 0 Å². The summed E-state index contributed by atoms with van der Waals surface area (Å²) in [6, 6.07) is 11.5. The minimum absolute atomic E-state index is 0.157. The number of phenols is 1. The van der Waals surface area contributed by atoms with Gasteiger partial charge in [0.05, 0.1) is 13.2 Å². The lowest BCUT2D eigenvalue weighted by Crippen LogP contribution is -2.07. The second-order valence-electron chi connectivity index (χ2n) is 5.80. The van der Waals surface area contributed by atoms with Gasteiger partial charge in [-0.15, -0.1) is 0 Å². The van der Waals surface area contributed by atoms with Crippen molar-refractivity contribution >= 4 is 0 Å². The van der Waals surface area contributed by atoms with E-state index < -0.39 is 0 Å². The van der Waals surface area contributed by atoms with E-state index in [9.17, 15) is 10.2 Å². The summed E-state index contributed by atoms with van der Waals surface area (Å²) in [6.45, 7) is 5.70. The second-order valence-corrected chi connectivity index (χ2v) is 5.80. The molecule has 0 fully saturated rings. The smallest absolute Gasteiger partial charge is 0.124 e. The predicted molar refractivity (Wildman–Crippen MR) is 95.4 cm³/mol. The highest BCUT2D eigenvalue weighted by Crippen LogP contribution is 2.30.